The number of rotatable bonds is 3. The lowest BCUT2D eigenvalue weighted by Crippen LogP contribution is -2.18. The summed E-state index contributed by atoms with van der Waals surface area (Å²) >= 11 is 1.79. The lowest BCUT2D eigenvalue weighted by molar-refractivity contribution is 0.120. The van der Waals surface area contributed by atoms with Gasteiger partial charge < -0.3 is 10.1 Å². The lowest BCUT2D eigenvalue weighted by atomic mass is 10.2. The maximum absolute atomic E-state index is 5.59. The molecule has 84 valence electrons. The van der Waals surface area contributed by atoms with Crippen LogP contribution in [0.3, 0.4) is 0 Å². The standard InChI is InChI=1S/C13H15NOS/c1-2-12(15-6-1)9-14-11-3-4-13-10(8-11)5-7-16-13/h3-5,7-8,12,14H,1-2,6,9H2. The monoisotopic (exact) mass is 233 g/mol. The topological polar surface area (TPSA) is 21.3 Å². The van der Waals surface area contributed by atoms with Crippen molar-refractivity contribution in [1.29, 1.82) is 0 Å². The first-order chi connectivity index (χ1) is 7.92. The molecule has 2 nitrogen and oxygen atoms in total. The molecule has 2 heterocycles. The van der Waals surface area contributed by atoms with Gasteiger partial charge in [0.25, 0.3) is 0 Å². The van der Waals surface area contributed by atoms with E-state index in [2.05, 4.69) is 35.0 Å². The summed E-state index contributed by atoms with van der Waals surface area (Å²) in [5, 5.41) is 6.90. The van der Waals surface area contributed by atoms with E-state index in [9.17, 15) is 0 Å². The van der Waals surface area contributed by atoms with Crippen molar-refractivity contribution in [2.45, 2.75) is 18.9 Å². The smallest absolute Gasteiger partial charge is 0.0748 e. The van der Waals surface area contributed by atoms with Gasteiger partial charge in [0.15, 0.2) is 0 Å². The molecule has 3 rings (SSSR count). The molecule has 0 saturated carbocycles. The summed E-state index contributed by atoms with van der Waals surface area (Å²) in [4.78, 5) is 0. The third-order valence-electron chi connectivity index (χ3n) is 3.01. The van der Waals surface area contributed by atoms with Crippen molar-refractivity contribution in [3.63, 3.8) is 0 Å². The van der Waals surface area contributed by atoms with Gasteiger partial charge >= 0.3 is 0 Å². The van der Waals surface area contributed by atoms with Crippen molar-refractivity contribution in [1.82, 2.24) is 0 Å². The molecule has 1 aliphatic rings. The summed E-state index contributed by atoms with van der Waals surface area (Å²) in [6.07, 6.45) is 2.79. The average Bonchev–Trinajstić information content (AvgIpc) is 2.97. The van der Waals surface area contributed by atoms with Crippen LogP contribution >= 0.6 is 11.3 Å². The summed E-state index contributed by atoms with van der Waals surface area (Å²) in [6, 6.07) is 8.70. The Morgan fingerprint density at radius 1 is 1.38 bits per heavy atom. The number of hydrogen-bond donors (Lipinski definition) is 1. The van der Waals surface area contributed by atoms with Crippen LogP contribution in [0.2, 0.25) is 0 Å². The van der Waals surface area contributed by atoms with Crippen molar-refractivity contribution < 1.29 is 4.74 Å². The van der Waals surface area contributed by atoms with Gasteiger partial charge in [-0.3, -0.25) is 0 Å². The molecular formula is C13H15NOS. The molecule has 1 atom stereocenters. The van der Waals surface area contributed by atoms with E-state index >= 15 is 0 Å². The van der Waals surface area contributed by atoms with Crippen LogP contribution in [0.1, 0.15) is 12.8 Å². The fourth-order valence-corrected chi connectivity index (χ4v) is 2.88. The predicted molar refractivity (Wildman–Crippen MR) is 69.3 cm³/mol. The largest absolute Gasteiger partial charge is 0.382 e. The van der Waals surface area contributed by atoms with Crippen molar-refractivity contribution in [2.75, 3.05) is 18.5 Å². The minimum atomic E-state index is 0.401. The summed E-state index contributed by atoms with van der Waals surface area (Å²) in [7, 11) is 0. The Morgan fingerprint density at radius 3 is 3.25 bits per heavy atom. The Hall–Kier alpha value is -1.06. The van der Waals surface area contributed by atoms with Crippen molar-refractivity contribution >= 4 is 27.1 Å². The molecule has 3 heteroatoms. The summed E-state index contributed by atoms with van der Waals surface area (Å²) in [5.41, 5.74) is 1.20. The highest BCUT2D eigenvalue weighted by molar-refractivity contribution is 7.17. The second kappa shape index (κ2) is 4.44. The van der Waals surface area contributed by atoms with E-state index in [0.717, 1.165) is 13.2 Å². The van der Waals surface area contributed by atoms with Crippen LogP contribution in [0.15, 0.2) is 29.6 Å². The van der Waals surface area contributed by atoms with Gasteiger partial charge in [-0.1, -0.05) is 0 Å². The van der Waals surface area contributed by atoms with Crippen LogP contribution in [-0.4, -0.2) is 19.3 Å². The van der Waals surface area contributed by atoms with Crippen LogP contribution < -0.4 is 5.32 Å². The van der Waals surface area contributed by atoms with Gasteiger partial charge in [0.05, 0.1) is 6.10 Å². The van der Waals surface area contributed by atoms with E-state index in [1.807, 2.05) is 0 Å². The number of ether oxygens (including phenoxy) is 1. The van der Waals surface area contributed by atoms with Crippen LogP contribution in [0, 0.1) is 0 Å². The molecule has 1 fully saturated rings. The lowest BCUT2D eigenvalue weighted by Gasteiger charge is -2.11. The molecule has 1 aliphatic heterocycles. The number of fused-ring (bicyclic) bond motifs is 1. The van der Waals surface area contributed by atoms with Crippen LogP contribution in [-0.2, 0) is 4.74 Å². The predicted octanol–water partition coefficient (Wildman–Crippen LogP) is 3.49. The van der Waals surface area contributed by atoms with E-state index in [1.165, 1.54) is 28.6 Å². The highest BCUT2D eigenvalue weighted by Crippen LogP contribution is 2.24. The molecule has 0 aliphatic carbocycles. The molecular weight excluding hydrogens is 218 g/mol. The van der Waals surface area contributed by atoms with E-state index in [1.54, 1.807) is 11.3 Å². The molecule has 1 aromatic carbocycles. The third-order valence-corrected chi connectivity index (χ3v) is 3.91. The van der Waals surface area contributed by atoms with Gasteiger partial charge in [-0.25, -0.2) is 0 Å². The zero-order chi connectivity index (χ0) is 10.8. The normalized spacial score (nSPS) is 20.4. The van der Waals surface area contributed by atoms with Crippen LogP contribution in [0.5, 0.6) is 0 Å². The minimum absolute atomic E-state index is 0.401. The molecule has 1 unspecified atom stereocenters. The second-order valence-electron chi connectivity index (χ2n) is 4.19. The number of hydrogen-bond acceptors (Lipinski definition) is 3. The molecule has 0 spiro atoms. The van der Waals surface area contributed by atoms with Crippen molar-refractivity contribution in [3.05, 3.63) is 29.6 Å². The first kappa shape index (κ1) is 10.1. The van der Waals surface area contributed by atoms with Crippen LogP contribution in [0.25, 0.3) is 10.1 Å². The van der Waals surface area contributed by atoms with Crippen molar-refractivity contribution in [2.24, 2.45) is 0 Å². The van der Waals surface area contributed by atoms with E-state index < -0.39 is 0 Å². The maximum atomic E-state index is 5.59. The van der Waals surface area contributed by atoms with Gasteiger partial charge in [0.2, 0.25) is 0 Å². The SMILES string of the molecule is c1cc2cc(NCC3CCCO3)ccc2s1. The first-order valence-electron chi connectivity index (χ1n) is 5.74. The zero-order valence-electron chi connectivity index (χ0n) is 9.11. The van der Waals surface area contributed by atoms with Gasteiger partial charge in [-0.05, 0) is 47.9 Å². The van der Waals surface area contributed by atoms with E-state index in [0.29, 0.717) is 6.10 Å². The number of nitrogens with one attached hydrogen (secondary N) is 1. The Kier molecular flexibility index (Phi) is 2.80. The summed E-state index contributed by atoms with van der Waals surface area (Å²) in [5.74, 6) is 0. The van der Waals surface area contributed by atoms with Gasteiger partial charge in [0, 0.05) is 23.5 Å². The van der Waals surface area contributed by atoms with Gasteiger partial charge in [0.1, 0.15) is 0 Å². The zero-order valence-corrected chi connectivity index (χ0v) is 9.93. The van der Waals surface area contributed by atoms with Crippen LogP contribution in [0.4, 0.5) is 5.69 Å². The fourth-order valence-electron chi connectivity index (χ4n) is 2.11. The summed E-state index contributed by atoms with van der Waals surface area (Å²) < 4.78 is 6.94. The number of benzene rings is 1. The Balaban J connectivity index is 1.68. The maximum Gasteiger partial charge on any atom is 0.0748 e. The van der Waals surface area contributed by atoms with E-state index in [-0.39, 0.29) is 0 Å². The third kappa shape index (κ3) is 2.06. The highest BCUT2D eigenvalue weighted by atomic mass is 32.1. The van der Waals surface area contributed by atoms with Gasteiger partial charge in [-0.2, -0.15) is 0 Å². The molecule has 2 aromatic rings. The molecule has 16 heavy (non-hydrogen) atoms. The molecule has 0 radical (unpaired) electrons. The fraction of sp³-hybridized carbons (Fsp3) is 0.385. The van der Waals surface area contributed by atoms with E-state index in [4.69, 9.17) is 4.74 Å². The highest BCUT2D eigenvalue weighted by Gasteiger charge is 2.14. The van der Waals surface area contributed by atoms with Gasteiger partial charge in [-0.15, -0.1) is 11.3 Å². The quantitative estimate of drug-likeness (QED) is 0.876. The average molecular weight is 233 g/mol. The molecule has 1 N–H and O–H groups in total. The molecule has 1 aromatic heterocycles. The first-order valence-corrected chi connectivity index (χ1v) is 6.62. The molecule has 0 amide bonds. The van der Waals surface area contributed by atoms with Crippen molar-refractivity contribution in [3.8, 4) is 0 Å². The molecule has 1 saturated heterocycles. The minimum Gasteiger partial charge on any atom is -0.382 e. The Morgan fingerprint density at radius 2 is 2.38 bits per heavy atom. The second-order valence-corrected chi connectivity index (χ2v) is 5.14. The summed E-state index contributed by atoms with van der Waals surface area (Å²) in [6.45, 7) is 1.85. The number of thiophene rings is 1. The Labute approximate surface area is 99.2 Å². The number of anilines is 1. The molecule has 0 bridgehead atoms. The Bertz CT molecular complexity index is 473.